The Morgan fingerprint density at radius 3 is 2.72 bits per heavy atom. The second kappa shape index (κ2) is 4.94. The summed E-state index contributed by atoms with van der Waals surface area (Å²) in [4.78, 5) is 16.5. The molecular formula is C13H13FN2OS. The fourth-order valence-corrected chi connectivity index (χ4v) is 2.63. The number of rotatable bonds is 3. The molecule has 0 N–H and O–H groups in total. The summed E-state index contributed by atoms with van der Waals surface area (Å²) in [6, 6.07) is 2.98. The summed E-state index contributed by atoms with van der Waals surface area (Å²) in [6.07, 6.45) is 3.51. The predicted octanol–water partition coefficient (Wildman–Crippen LogP) is 3.22. The number of ketones is 1. The van der Waals surface area contributed by atoms with E-state index in [0.29, 0.717) is 11.1 Å². The molecule has 18 heavy (non-hydrogen) atoms. The fraction of sp³-hybridized carbons (Fsp3) is 0.231. The average molecular weight is 264 g/mol. The first kappa shape index (κ1) is 12.8. The maximum Gasteiger partial charge on any atom is 0.172 e. The number of carbonyl (C=O) groups excluding carboxylic acids is 1. The van der Waals surface area contributed by atoms with Crippen LogP contribution >= 0.6 is 11.8 Å². The van der Waals surface area contributed by atoms with Gasteiger partial charge >= 0.3 is 0 Å². The van der Waals surface area contributed by atoms with Gasteiger partial charge in [0.05, 0.1) is 0 Å². The molecule has 0 spiro atoms. The molecule has 0 atom stereocenters. The highest BCUT2D eigenvalue weighted by Crippen LogP contribution is 2.31. The van der Waals surface area contributed by atoms with Crippen LogP contribution < -0.4 is 0 Å². The lowest BCUT2D eigenvalue weighted by atomic mass is 10.1. The van der Waals surface area contributed by atoms with Crippen LogP contribution in [0.1, 0.15) is 22.8 Å². The predicted molar refractivity (Wildman–Crippen MR) is 68.5 cm³/mol. The number of Topliss-reactive ketones (excluding diaryl/α,β-unsaturated/α-hetero) is 1. The molecule has 0 amide bonds. The van der Waals surface area contributed by atoms with E-state index < -0.39 is 0 Å². The monoisotopic (exact) mass is 264 g/mol. The topological polar surface area (TPSA) is 34.9 Å². The second-order valence-electron chi connectivity index (χ2n) is 4.08. The number of hydrogen-bond acceptors (Lipinski definition) is 3. The maximum atomic E-state index is 13.5. The van der Waals surface area contributed by atoms with Crippen molar-refractivity contribution in [1.29, 1.82) is 0 Å². The van der Waals surface area contributed by atoms with Crippen LogP contribution in [0.3, 0.4) is 0 Å². The molecule has 0 bridgehead atoms. The molecule has 5 heteroatoms. The van der Waals surface area contributed by atoms with E-state index in [1.165, 1.54) is 24.8 Å². The minimum absolute atomic E-state index is 0.148. The van der Waals surface area contributed by atoms with E-state index in [-0.39, 0.29) is 11.6 Å². The number of aryl methyl sites for hydroxylation is 2. The van der Waals surface area contributed by atoms with Crippen molar-refractivity contribution < 1.29 is 9.18 Å². The molecule has 1 aromatic carbocycles. The van der Waals surface area contributed by atoms with Gasteiger partial charge in [0.25, 0.3) is 0 Å². The van der Waals surface area contributed by atoms with Crippen LogP contribution in [0.25, 0.3) is 0 Å². The number of imidazole rings is 1. The van der Waals surface area contributed by atoms with Crippen molar-refractivity contribution in [2.45, 2.75) is 23.9 Å². The van der Waals surface area contributed by atoms with E-state index in [4.69, 9.17) is 0 Å². The summed E-state index contributed by atoms with van der Waals surface area (Å²) in [6.45, 7) is 3.12. The Bertz CT molecular complexity index is 607. The summed E-state index contributed by atoms with van der Waals surface area (Å²) in [5, 5.41) is 0.767. The van der Waals surface area contributed by atoms with Crippen molar-refractivity contribution in [3.8, 4) is 0 Å². The minimum Gasteiger partial charge on any atom is -0.329 e. The molecule has 3 nitrogen and oxygen atoms in total. The lowest BCUT2D eigenvalue weighted by molar-refractivity contribution is 0.101. The van der Waals surface area contributed by atoms with Gasteiger partial charge in [-0.1, -0.05) is 11.8 Å². The van der Waals surface area contributed by atoms with Gasteiger partial charge in [-0.25, -0.2) is 9.37 Å². The molecule has 1 aromatic heterocycles. The normalized spacial score (nSPS) is 10.7. The van der Waals surface area contributed by atoms with Gasteiger partial charge in [-0.2, -0.15) is 0 Å². The smallest absolute Gasteiger partial charge is 0.172 e. The molecule has 0 unspecified atom stereocenters. The highest BCUT2D eigenvalue weighted by molar-refractivity contribution is 7.99. The summed E-state index contributed by atoms with van der Waals surface area (Å²) in [7, 11) is 1.87. The zero-order chi connectivity index (χ0) is 13.3. The van der Waals surface area contributed by atoms with Crippen LogP contribution in [0, 0.1) is 12.7 Å². The summed E-state index contributed by atoms with van der Waals surface area (Å²) in [5.41, 5.74) is 0.919. The van der Waals surface area contributed by atoms with Gasteiger partial charge in [0.1, 0.15) is 5.82 Å². The fourth-order valence-electron chi connectivity index (χ4n) is 1.56. The number of aromatic nitrogens is 2. The van der Waals surface area contributed by atoms with Crippen LogP contribution in [-0.2, 0) is 7.05 Å². The third-order valence-corrected chi connectivity index (χ3v) is 3.75. The Morgan fingerprint density at radius 2 is 2.17 bits per heavy atom. The Morgan fingerprint density at radius 1 is 1.44 bits per heavy atom. The highest BCUT2D eigenvalue weighted by atomic mass is 32.2. The lowest BCUT2D eigenvalue weighted by Crippen LogP contribution is -1.99. The van der Waals surface area contributed by atoms with Crippen LogP contribution in [0.4, 0.5) is 4.39 Å². The Balaban J connectivity index is 2.46. The van der Waals surface area contributed by atoms with Gasteiger partial charge in [-0.15, -0.1) is 0 Å². The third-order valence-electron chi connectivity index (χ3n) is 2.62. The molecule has 2 aromatic rings. The van der Waals surface area contributed by atoms with Crippen molar-refractivity contribution in [1.82, 2.24) is 9.55 Å². The van der Waals surface area contributed by atoms with Gasteiger partial charge in [-0.05, 0) is 31.5 Å². The molecule has 0 saturated heterocycles. The first-order chi connectivity index (χ1) is 8.49. The number of hydrogen-bond donors (Lipinski definition) is 0. The molecule has 0 fully saturated rings. The average Bonchev–Trinajstić information content (AvgIpc) is 2.69. The van der Waals surface area contributed by atoms with Crippen LogP contribution in [0.5, 0.6) is 0 Å². The Labute approximate surface area is 109 Å². The van der Waals surface area contributed by atoms with Gasteiger partial charge in [-0.3, -0.25) is 4.79 Å². The summed E-state index contributed by atoms with van der Waals surface area (Å²) < 4.78 is 15.3. The van der Waals surface area contributed by atoms with E-state index in [0.717, 1.165) is 10.1 Å². The van der Waals surface area contributed by atoms with Crippen molar-refractivity contribution in [2.24, 2.45) is 7.05 Å². The van der Waals surface area contributed by atoms with E-state index in [9.17, 15) is 9.18 Å². The van der Waals surface area contributed by atoms with Crippen LogP contribution in [0.2, 0.25) is 0 Å². The SMILES string of the molecule is CC(=O)c1cc(F)c(C)cc1Sc1nccn1C. The standard InChI is InChI=1S/C13H13FN2OS/c1-8-6-12(10(9(2)17)7-11(8)14)18-13-15-4-5-16(13)3/h4-7H,1-3H3. The van der Waals surface area contributed by atoms with Crippen LogP contribution in [-0.4, -0.2) is 15.3 Å². The zero-order valence-corrected chi connectivity index (χ0v) is 11.2. The second-order valence-corrected chi connectivity index (χ2v) is 5.09. The van der Waals surface area contributed by atoms with Crippen molar-refractivity contribution in [2.75, 3.05) is 0 Å². The number of halogens is 1. The van der Waals surface area contributed by atoms with Gasteiger partial charge in [0, 0.05) is 29.9 Å². The molecule has 1 heterocycles. The zero-order valence-electron chi connectivity index (χ0n) is 10.4. The quantitative estimate of drug-likeness (QED) is 0.798. The van der Waals surface area contributed by atoms with E-state index >= 15 is 0 Å². The molecular weight excluding hydrogens is 251 g/mol. The molecule has 0 radical (unpaired) electrons. The first-order valence-electron chi connectivity index (χ1n) is 5.45. The van der Waals surface area contributed by atoms with Crippen molar-refractivity contribution in [3.05, 3.63) is 41.5 Å². The van der Waals surface area contributed by atoms with Crippen molar-refractivity contribution in [3.63, 3.8) is 0 Å². The van der Waals surface area contributed by atoms with E-state index in [2.05, 4.69) is 4.98 Å². The van der Waals surface area contributed by atoms with Gasteiger partial charge in [0.15, 0.2) is 10.9 Å². The molecule has 0 aliphatic heterocycles. The Kier molecular flexibility index (Phi) is 3.52. The van der Waals surface area contributed by atoms with Gasteiger partial charge < -0.3 is 4.57 Å². The molecule has 2 rings (SSSR count). The highest BCUT2D eigenvalue weighted by Gasteiger charge is 2.14. The molecule has 0 aliphatic rings. The molecule has 94 valence electrons. The lowest BCUT2D eigenvalue weighted by Gasteiger charge is -2.08. The largest absolute Gasteiger partial charge is 0.329 e. The van der Waals surface area contributed by atoms with Gasteiger partial charge in [0.2, 0.25) is 0 Å². The van der Waals surface area contributed by atoms with E-state index in [1.54, 1.807) is 19.2 Å². The van der Waals surface area contributed by atoms with Crippen molar-refractivity contribution >= 4 is 17.5 Å². The Hall–Kier alpha value is -1.62. The molecule has 0 aliphatic carbocycles. The molecule has 0 saturated carbocycles. The maximum absolute atomic E-state index is 13.5. The third kappa shape index (κ3) is 2.46. The summed E-state index contributed by atoms with van der Waals surface area (Å²) in [5.74, 6) is -0.505. The first-order valence-corrected chi connectivity index (χ1v) is 6.27. The number of benzene rings is 1. The van der Waals surface area contributed by atoms with E-state index in [1.807, 2.05) is 17.8 Å². The van der Waals surface area contributed by atoms with Crippen LogP contribution in [0.15, 0.2) is 34.6 Å². The number of nitrogens with zero attached hydrogens (tertiary/aromatic N) is 2. The summed E-state index contributed by atoms with van der Waals surface area (Å²) >= 11 is 1.36. The number of carbonyl (C=O) groups is 1. The minimum atomic E-state index is -0.357.